The van der Waals surface area contributed by atoms with Crippen molar-refractivity contribution in [3.8, 4) is 0 Å². The van der Waals surface area contributed by atoms with Gasteiger partial charge < -0.3 is 15.5 Å². The number of thiophene rings is 1. The quantitative estimate of drug-likeness (QED) is 0.730. The molecule has 2 N–H and O–H groups in total. The van der Waals surface area contributed by atoms with Crippen LogP contribution in [0.25, 0.3) is 0 Å². The van der Waals surface area contributed by atoms with E-state index < -0.39 is 0 Å². The van der Waals surface area contributed by atoms with Gasteiger partial charge in [-0.1, -0.05) is 6.92 Å². The summed E-state index contributed by atoms with van der Waals surface area (Å²) in [7, 11) is 2.11. The van der Waals surface area contributed by atoms with Gasteiger partial charge in [0, 0.05) is 31.4 Å². The number of carbonyl (C=O) groups is 1. The number of hydrogen-bond donors (Lipinski definition) is 2. The van der Waals surface area contributed by atoms with E-state index in [0.29, 0.717) is 0 Å². The van der Waals surface area contributed by atoms with Crippen LogP contribution in [-0.2, 0) is 11.3 Å². The highest BCUT2D eigenvalue weighted by Gasteiger charge is 2.05. The van der Waals surface area contributed by atoms with Crippen molar-refractivity contribution in [3.63, 3.8) is 0 Å². The second kappa shape index (κ2) is 7.42. The first-order valence-electron chi connectivity index (χ1n) is 5.86. The molecule has 0 unspecified atom stereocenters. The van der Waals surface area contributed by atoms with Crippen molar-refractivity contribution >= 4 is 22.9 Å². The Morgan fingerprint density at radius 2 is 2.29 bits per heavy atom. The molecule has 4 nitrogen and oxygen atoms in total. The Labute approximate surface area is 107 Å². The molecule has 5 heteroatoms. The van der Waals surface area contributed by atoms with Gasteiger partial charge in [0.15, 0.2) is 0 Å². The molecule has 1 aromatic rings. The van der Waals surface area contributed by atoms with Crippen molar-refractivity contribution < 1.29 is 4.79 Å². The van der Waals surface area contributed by atoms with E-state index in [4.69, 9.17) is 0 Å². The van der Waals surface area contributed by atoms with E-state index in [0.717, 1.165) is 31.9 Å². The molecule has 0 aromatic carbocycles. The lowest BCUT2D eigenvalue weighted by atomic mass is 10.3. The van der Waals surface area contributed by atoms with Gasteiger partial charge in [-0.25, -0.2) is 0 Å². The molecule has 1 aromatic heterocycles. The maximum absolute atomic E-state index is 11.0. The summed E-state index contributed by atoms with van der Waals surface area (Å²) < 4.78 is 0. The highest BCUT2D eigenvalue weighted by Crippen LogP contribution is 2.21. The summed E-state index contributed by atoms with van der Waals surface area (Å²) in [4.78, 5) is 14.4. The average Bonchev–Trinajstić information content (AvgIpc) is 2.70. The largest absolute Gasteiger partial charge is 0.325 e. The third kappa shape index (κ3) is 5.30. The Bertz CT molecular complexity index is 351. The predicted molar refractivity (Wildman–Crippen MR) is 73.5 cm³/mol. The van der Waals surface area contributed by atoms with Crippen LogP contribution in [0.1, 0.15) is 18.7 Å². The number of rotatable bonds is 7. The normalized spacial score (nSPS) is 10.8. The smallest absolute Gasteiger partial charge is 0.221 e. The Balaban J connectivity index is 2.31. The molecule has 96 valence electrons. The molecule has 1 heterocycles. The van der Waals surface area contributed by atoms with Crippen molar-refractivity contribution in [1.82, 2.24) is 10.2 Å². The van der Waals surface area contributed by atoms with Gasteiger partial charge in [-0.05, 0) is 25.0 Å². The van der Waals surface area contributed by atoms with Gasteiger partial charge in [0.25, 0.3) is 0 Å². The third-order valence-electron chi connectivity index (χ3n) is 2.55. The monoisotopic (exact) mass is 255 g/mol. The summed E-state index contributed by atoms with van der Waals surface area (Å²) in [6, 6.07) is 1.95. The number of carbonyl (C=O) groups excluding carboxylic acids is 1. The van der Waals surface area contributed by atoms with Crippen LogP contribution in [0.4, 0.5) is 5.69 Å². The van der Waals surface area contributed by atoms with Crippen LogP contribution < -0.4 is 10.6 Å². The third-order valence-corrected chi connectivity index (χ3v) is 3.47. The number of hydrogen-bond acceptors (Lipinski definition) is 4. The van der Waals surface area contributed by atoms with Gasteiger partial charge in [0.2, 0.25) is 5.91 Å². The fraction of sp³-hybridized carbons (Fsp3) is 0.583. The lowest BCUT2D eigenvalue weighted by Crippen LogP contribution is -2.28. The number of nitrogens with zero attached hydrogens (tertiary/aromatic N) is 1. The van der Waals surface area contributed by atoms with Crippen LogP contribution in [0.15, 0.2) is 11.4 Å². The van der Waals surface area contributed by atoms with E-state index in [2.05, 4.69) is 29.5 Å². The van der Waals surface area contributed by atoms with Crippen molar-refractivity contribution in [2.75, 3.05) is 32.0 Å². The molecular weight excluding hydrogens is 234 g/mol. The molecule has 0 aliphatic carbocycles. The molecule has 1 amide bonds. The van der Waals surface area contributed by atoms with E-state index in [1.807, 2.05) is 11.4 Å². The summed E-state index contributed by atoms with van der Waals surface area (Å²) in [5.41, 5.74) is 0.929. The fourth-order valence-corrected chi connectivity index (χ4v) is 2.21. The minimum Gasteiger partial charge on any atom is -0.325 e. The van der Waals surface area contributed by atoms with Crippen molar-refractivity contribution in [3.05, 3.63) is 16.3 Å². The van der Waals surface area contributed by atoms with Gasteiger partial charge in [-0.15, -0.1) is 11.3 Å². The van der Waals surface area contributed by atoms with Crippen LogP contribution in [-0.4, -0.2) is 37.5 Å². The molecule has 0 bridgehead atoms. The van der Waals surface area contributed by atoms with Crippen LogP contribution >= 0.6 is 11.3 Å². The first kappa shape index (κ1) is 14.2. The molecule has 0 saturated carbocycles. The van der Waals surface area contributed by atoms with E-state index >= 15 is 0 Å². The molecule has 0 spiro atoms. The number of nitrogens with one attached hydrogen (secondary N) is 2. The van der Waals surface area contributed by atoms with E-state index in [-0.39, 0.29) is 5.91 Å². The summed E-state index contributed by atoms with van der Waals surface area (Å²) in [5.74, 6) is -0.0182. The van der Waals surface area contributed by atoms with Gasteiger partial charge >= 0.3 is 0 Å². The van der Waals surface area contributed by atoms with E-state index in [1.165, 1.54) is 11.8 Å². The second-order valence-corrected chi connectivity index (χ2v) is 5.01. The Morgan fingerprint density at radius 1 is 1.53 bits per heavy atom. The first-order valence-corrected chi connectivity index (χ1v) is 6.74. The zero-order valence-corrected chi connectivity index (χ0v) is 11.6. The highest BCUT2D eigenvalue weighted by atomic mass is 32.1. The van der Waals surface area contributed by atoms with E-state index in [9.17, 15) is 4.79 Å². The molecule has 0 aliphatic heterocycles. The van der Waals surface area contributed by atoms with Gasteiger partial charge in [0.05, 0.1) is 5.69 Å². The maximum Gasteiger partial charge on any atom is 0.221 e. The standard InChI is InChI=1S/C12H21N3OS/c1-4-15(3)7-6-13-9-12-11(5-8-17-12)14-10(2)16/h5,8,13H,4,6-7,9H2,1-3H3,(H,14,16). The lowest BCUT2D eigenvalue weighted by molar-refractivity contribution is -0.114. The molecule has 0 aliphatic rings. The van der Waals surface area contributed by atoms with Crippen LogP contribution in [0.3, 0.4) is 0 Å². The minimum absolute atomic E-state index is 0.0182. The van der Waals surface area contributed by atoms with Crippen LogP contribution in [0, 0.1) is 0 Å². The second-order valence-electron chi connectivity index (χ2n) is 4.01. The number of anilines is 1. The summed E-state index contributed by atoms with van der Waals surface area (Å²) in [5, 5.41) is 8.22. The van der Waals surface area contributed by atoms with Crippen molar-refractivity contribution in [1.29, 1.82) is 0 Å². The Hall–Kier alpha value is -0.910. The van der Waals surface area contributed by atoms with Crippen LogP contribution in [0.5, 0.6) is 0 Å². The van der Waals surface area contributed by atoms with Crippen molar-refractivity contribution in [2.24, 2.45) is 0 Å². The van der Waals surface area contributed by atoms with Crippen molar-refractivity contribution in [2.45, 2.75) is 20.4 Å². The summed E-state index contributed by atoms with van der Waals surface area (Å²) in [6.07, 6.45) is 0. The summed E-state index contributed by atoms with van der Waals surface area (Å²) >= 11 is 1.67. The van der Waals surface area contributed by atoms with Gasteiger partial charge in [-0.2, -0.15) is 0 Å². The zero-order valence-electron chi connectivity index (χ0n) is 10.7. The Kier molecular flexibility index (Phi) is 6.18. The molecule has 0 saturated heterocycles. The van der Waals surface area contributed by atoms with E-state index in [1.54, 1.807) is 11.3 Å². The van der Waals surface area contributed by atoms with Crippen LogP contribution in [0.2, 0.25) is 0 Å². The zero-order chi connectivity index (χ0) is 12.7. The average molecular weight is 255 g/mol. The molecule has 17 heavy (non-hydrogen) atoms. The Morgan fingerprint density at radius 3 is 2.94 bits per heavy atom. The van der Waals surface area contributed by atoms with Gasteiger partial charge in [0.1, 0.15) is 0 Å². The molecule has 0 radical (unpaired) electrons. The molecule has 0 atom stereocenters. The minimum atomic E-state index is -0.0182. The molecular formula is C12H21N3OS. The summed E-state index contributed by atoms with van der Waals surface area (Å²) in [6.45, 7) is 7.56. The lowest BCUT2D eigenvalue weighted by Gasteiger charge is -2.14. The number of amides is 1. The number of likely N-dealkylation sites (N-methyl/N-ethyl adjacent to an activating group) is 1. The fourth-order valence-electron chi connectivity index (χ4n) is 1.41. The highest BCUT2D eigenvalue weighted by molar-refractivity contribution is 7.10. The topological polar surface area (TPSA) is 44.4 Å². The van der Waals surface area contributed by atoms with Gasteiger partial charge in [-0.3, -0.25) is 4.79 Å². The first-order chi connectivity index (χ1) is 8.13. The molecule has 1 rings (SSSR count). The molecule has 0 fully saturated rings. The predicted octanol–water partition coefficient (Wildman–Crippen LogP) is 1.75. The SMILES string of the molecule is CCN(C)CCNCc1sccc1NC(C)=O. The maximum atomic E-state index is 11.0.